The Morgan fingerprint density at radius 1 is 0.872 bits per heavy atom. The molecule has 6 N–H and O–H groups in total. The maximum atomic E-state index is 12.7. The second-order valence-corrected chi connectivity index (χ2v) is 15.1. The van der Waals surface area contributed by atoms with E-state index >= 15 is 0 Å². The summed E-state index contributed by atoms with van der Waals surface area (Å²) in [5, 5.41) is 21.2. The molecular weight excluding hydrogens is 650 g/mol. The average Bonchev–Trinajstić information content (AvgIpc) is 2.99. The summed E-state index contributed by atoms with van der Waals surface area (Å²) in [7, 11) is -7.77. The number of ketones is 1. The zero-order chi connectivity index (χ0) is 35.0. The van der Waals surface area contributed by atoms with Crippen molar-refractivity contribution in [3.63, 3.8) is 0 Å². The highest BCUT2D eigenvalue weighted by Crippen LogP contribution is 2.47. The number of phenols is 2. The first kappa shape index (κ1) is 41.0. The predicted octanol–water partition coefficient (Wildman–Crippen LogP) is 4.95. The summed E-state index contributed by atoms with van der Waals surface area (Å²) in [6, 6.07) is 11.7. The third-order valence-electron chi connectivity index (χ3n) is 8.14. The molecule has 2 aromatic rings. The number of para-hydroxylation sites is 2. The molecule has 0 aliphatic heterocycles. The first-order valence-corrected chi connectivity index (χ1v) is 19.4. The standard InChI is InChI=1S/C32H52N2O11P2/c1-4-32(47(41,42)43)33(22-26-12-8-10-16-30(26)36)23-27(13-6-5-7-14-28(35)18-19-45-21-20-44-3)34(24-46(38,39)40)25(2)29-15-9-11-17-31(29)37/h8-12,15-17,25,27,32,36-37H,4-7,13-14,18-24H2,1-3H3,(H2,38,39,40)(H2,41,42,43). The number of hydrogen-bond donors (Lipinski definition) is 6. The fourth-order valence-electron chi connectivity index (χ4n) is 5.72. The number of carbonyl (C=O) groups is 1. The number of Topliss-reactive ketones (excluding diaryl/α,β-unsaturated/α-hetero) is 1. The topological polar surface area (TPSA) is 198 Å². The number of phenolic OH excluding ortho intramolecular Hbond substituents is 2. The van der Waals surface area contributed by atoms with Crippen LogP contribution in [0.2, 0.25) is 0 Å². The van der Waals surface area contributed by atoms with Crippen LogP contribution in [0.25, 0.3) is 0 Å². The normalized spacial score (nSPS) is 14.4. The van der Waals surface area contributed by atoms with Crippen molar-refractivity contribution in [2.24, 2.45) is 0 Å². The number of unbranched alkanes of at least 4 members (excludes halogenated alkanes) is 2. The lowest BCUT2D eigenvalue weighted by Gasteiger charge is -2.41. The number of ether oxygens (including phenoxy) is 2. The number of methoxy groups -OCH3 is 1. The van der Waals surface area contributed by atoms with Gasteiger partial charge in [0.25, 0.3) is 0 Å². The fraction of sp³-hybridized carbons (Fsp3) is 0.594. The minimum absolute atomic E-state index is 0.00632. The van der Waals surface area contributed by atoms with E-state index in [1.165, 1.54) is 12.1 Å². The Morgan fingerprint density at radius 3 is 2.13 bits per heavy atom. The third kappa shape index (κ3) is 14.9. The Hall–Kier alpha value is -2.15. The van der Waals surface area contributed by atoms with Gasteiger partial charge in [0.2, 0.25) is 0 Å². The molecule has 0 spiro atoms. The summed E-state index contributed by atoms with van der Waals surface area (Å²) >= 11 is 0. The molecule has 2 rings (SSSR count). The van der Waals surface area contributed by atoms with E-state index in [1.807, 2.05) is 0 Å². The summed E-state index contributed by atoms with van der Waals surface area (Å²) < 4.78 is 35.5. The van der Waals surface area contributed by atoms with Gasteiger partial charge in [-0.3, -0.25) is 23.7 Å². The lowest BCUT2D eigenvalue weighted by molar-refractivity contribution is -0.120. The van der Waals surface area contributed by atoms with Gasteiger partial charge >= 0.3 is 15.2 Å². The van der Waals surface area contributed by atoms with Crippen LogP contribution in [0.3, 0.4) is 0 Å². The van der Waals surface area contributed by atoms with Crippen LogP contribution >= 0.6 is 15.2 Å². The van der Waals surface area contributed by atoms with Crippen molar-refractivity contribution >= 4 is 21.0 Å². The van der Waals surface area contributed by atoms with E-state index in [4.69, 9.17) is 9.47 Å². The van der Waals surface area contributed by atoms with Crippen molar-refractivity contribution in [2.45, 2.75) is 83.2 Å². The van der Waals surface area contributed by atoms with Gasteiger partial charge in [-0.25, -0.2) is 0 Å². The smallest absolute Gasteiger partial charge is 0.342 e. The van der Waals surface area contributed by atoms with Crippen molar-refractivity contribution in [3.8, 4) is 11.5 Å². The van der Waals surface area contributed by atoms with E-state index in [2.05, 4.69) is 0 Å². The molecule has 0 aromatic heterocycles. The highest BCUT2D eigenvalue weighted by Gasteiger charge is 2.38. The van der Waals surface area contributed by atoms with E-state index in [0.717, 1.165) is 0 Å². The Labute approximate surface area is 277 Å². The van der Waals surface area contributed by atoms with Crippen molar-refractivity contribution in [1.29, 1.82) is 0 Å². The molecule has 266 valence electrons. The summed E-state index contributed by atoms with van der Waals surface area (Å²) in [6.45, 7) is 4.52. The van der Waals surface area contributed by atoms with Gasteiger partial charge in [-0.1, -0.05) is 56.2 Å². The van der Waals surface area contributed by atoms with Gasteiger partial charge in [0.1, 0.15) is 29.4 Å². The first-order valence-electron chi connectivity index (χ1n) is 15.9. The van der Waals surface area contributed by atoms with Crippen LogP contribution in [-0.2, 0) is 29.9 Å². The number of rotatable bonds is 24. The molecule has 0 bridgehead atoms. The first-order chi connectivity index (χ1) is 22.2. The van der Waals surface area contributed by atoms with Crippen LogP contribution in [0.4, 0.5) is 0 Å². The van der Waals surface area contributed by atoms with Crippen LogP contribution in [0.1, 0.15) is 76.0 Å². The number of hydrogen-bond acceptors (Lipinski definition) is 9. The fourth-order valence-corrected chi connectivity index (χ4v) is 7.70. The zero-order valence-corrected chi connectivity index (χ0v) is 29.3. The van der Waals surface area contributed by atoms with E-state index < -0.39 is 39.3 Å². The second kappa shape index (κ2) is 20.4. The third-order valence-corrected chi connectivity index (χ3v) is 10.3. The summed E-state index contributed by atoms with van der Waals surface area (Å²) in [4.78, 5) is 56.5. The highest BCUT2D eigenvalue weighted by atomic mass is 31.2. The van der Waals surface area contributed by atoms with E-state index in [0.29, 0.717) is 69.5 Å². The van der Waals surface area contributed by atoms with E-state index in [9.17, 15) is 43.7 Å². The molecule has 47 heavy (non-hydrogen) atoms. The minimum Gasteiger partial charge on any atom is -0.508 e. The average molecular weight is 703 g/mol. The Morgan fingerprint density at radius 2 is 1.53 bits per heavy atom. The van der Waals surface area contributed by atoms with Gasteiger partial charge in [0, 0.05) is 56.3 Å². The maximum absolute atomic E-state index is 12.7. The van der Waals surface area contributed by atoms with Crippen molar-refractivity contribution in [1.82, 2.24) is 9.80 Å². The van der Waals surface area contributed by atoms with E-state index in [1.54, 1.807) is 67.2 Å². The minimum atomic E-state index is -4.69. The largest absolute Gasteiger partial charge is 0.508 e. The number of benzene rings is 2. The molecule has 3 unspecified atom stereocenters. The van der Waals surface area contributed by atoms with Crippen LogP contribution < -0.4 is 0 Å². The molecule has 0 aliphatic carbocycles. The van der Waals surface area contributed by atoms with Gasteiger partial charge in [-0.15, -0.1) is 0 Å². The predicted molar refractivity (Wildman–Crippen MR) is 179 cm³/mol. The van der Waals surface area contributed by atoms with Crippen LogP contribution in [0.15, 0.2) is 48.5 Å². The monoisotopic (exact) mass is 702 g/mol. The molecule has 2 aromatic carbocycles. The van der Waals surface area contributed by atoms with Crippen LogP contribution in [0, 0.1) is 0 Å². The Bertz CT molecular complexity index is 1320. The summed E-state index contributed by atoms with van der Waals surface area (Å²) in [6.07, 6.45) is 2.24. The van der Waals surface area contributed by atoms with Gasteiger partial charge in [-0.05, 0) is 38.3 Å². The van der Waals surface area contributed by atoms with Gasteiger partial charge in [0.05, 0.1) is 19.8 Å². The Kier molecular flexibility index (Phi) is 17.8. The maximum Gasteiger partial charge on any atom is 0.342 e. The highest BCUT2D eigenvalue weighted by molar-refractivity contribution is 7.52. The van der Waals surface area contributed by atoms with Gasteiger partial charge in [-0.2, -0.15) is 0 Å². The zero-order valence-electron chi connectivity index (χ0n) is 27.6. The molecule has 0 saturated carbocycles. The SMILES string of the molecule is CCC(N(Cc1ccccc1O)CC(CCCCCC(=O)CCOCCOC)N(CP(=O)(O)O)C(C)c1ccccc1O)P(=O)(O)O. The molecular formula is C32H52N2O11P2. The lowest BCUT2D eigenvalue weighted by atomic mass is 9.99. The van der Waals surface area contributed by atoms with Crippen molar-refractivity contribution in [2.75, 3.05) is 39.8 Å². The molecule has 0 amide bonds. The van der Waals surface area contributed by atoms with E-state index in [-0.39, 0.29) is 36.8 Å². The van der Waals surface area contributed by atoms with Gasteiger partial charge in [0.15, 0.2) is 0 Å². The van der Waals surface area contributed by atoms with Crippen LogP contribution in [0.5, 0.6) is 11.5 Å². The van der Waals surface area contributed by atoms with Crippen molar-refractivity contribution < 1.29 is 53.2 Å². The second-order valence-electron chi connectivity index (χ2n) is 11.7. The number of aromatic hydroxyl groups is 2. The van der Waals surface area contributed by atoms with Crippen molar-refractivity contribution in [3.05, 3.63) is 59.7 Å². The molecule has 0 aliphatic rings. The molecule has 13 nitrogen and oxygen atoms in total. The molecule has 3 atom stereocenters. The summed E-state index contributed by atoms with van der Waals surface area (Å²) in [5.74, 6) is -1.26. The van der Waals surface area contributed by atoms with Crippen LogP contribution in [-0.4, -0.2) is 97.0 Å². The molecule has 0 heterocycles. The molecule has 0 radical (unpaired) electrons. The quantitative estimate of drug-likeness (QED) is 0.0635. The number of nitrogens with zero attached hydrogens (tertiary/aromatic N) is 2. The summed E-state index contributed by atoms with van der Waals surface area (Å²) in [5.41, 5.74) is 0.886. The lowest BCUT2D eigenvalue weighted by Crippen LogP contribution is -2.48. The molecule has 15 heteroatoms. The number of carbonyl (C=O) groups excluding carboxylic acids is 1. The molecule has 0 saturated heterocycles. The Balaban J connectivity index is 2.38. The van der Waals surface area contributed by atoms with Gasteiger partial charge < -0.3 is 39.3 Å². The molecule has 0 fully saturated rings.